The first-order valence-electron chi connectivity index (χ1n) is 8.74. The summed E-state index contributed by atoms with van der Waals surface area (Å²) in [6, 6.07) is 27.5. The number of nitrogens with one attached hydrogen (secondary N) is 1. The van der Waals surface area contributed by atoms with Gasteiger partial charge in [-0.05, 0) is 41.5 Å². The zero-order valence-corrected chi connectivity index (χ0v) is 14.0. The maximum Gasteiger partial charge on any atom is 0.138 e. The second-order valence-corrected chi connectivity index (χ2v) is 6.68. The highest BCUT2D eigenvalue weighted by molar-refractivity contribution is 6.09. The van der Waals surface area contributed by atoms with Gasteiger partial charge < -0.3 is 4.98 Å². The van der Waals surface area contributed by atoms with Crippen LogP contribution in [0.3, 0.4) is 0 Å². The van der Waals surface area contributed by atoms with Crippen LogP contribution in [0, 0.1) is 0 Å². The van der Waals surface area contributed by atoms with E-state index in [1.54, 1.807) is 0 Å². The number of imidazole rings is 1. The molecule has 3 nitrogen and oxygen atoms in total. The molecule has 3 aromatic carbocycles. The molecule has 122 valence electrons. The number of aromatic nitrogens is 3. The Balaban J connectivity index is 1.68. The minimum Gasteiger partial charge on any atom is -0.353 e. The van der Waals surface area contributed by atoms with Crippen LogP contribution in [0.5, 0.6) is 0 Å². The van der Waals surface area contributed by atoms with E-state index in [9.17, 15) is 0 Å². The smallest absolute Gasteiger partial charge is 0.138 e. The second kappa shape index (κ2) is 4.96. The third kappa shape index (κ3) is 1.85. The molecule has 26 heavy (non-hydrogen) atoms. The van der Waals surface area contributed by atoms with Crippen LogP contribution in [0.15, 0.2) is 85.1 Å². The number of pyridine rings is 1. The lowest BCUT2D eigenvalue weighted by atomic mass is 10.0. The molecule has 0 aliphatic heterocycles. The third-order valence-electron chi connectivity index (χ3n) is 5.13. The minimum absolute atomic E-state index is 0.977. The van der Waals surface area contributed by atoms with E-state index in [2.05, 4.69) is 82.3 Å². The first-order chi connectivity index (χ1) is 12.9. The third-order valence-corrected chi connectivity index (χ3v) is 5.13. The zero-order chi connectivity index (χ0) is 17.1. The SMILES string of the molecule is c1ccc(-c2ccc3[nH]c4cn5c(cc4c3c2)nc2ccccc25)cc1. The van der Waals surface area contributed by atoms with E-state index in [0.29, 0.717) is 0 Å². The number of aromatic amines is 1. The van der Waals surface area contributed by atoms with E-state index < -0.39 is 0 Å². The van der Waals surface area contributed by atoms with E-state index in [-0.39, 0.29) is 0 Å². The normalized spacial score (nSPS) is 11.8. The van der Waals surface area contributed by atoms with Crippen molar-refractivity contribution in [1.29, 1.82) is 0 Å². The van der Waals surface area contributed by atoms with Crippen molar-refractivity contribution < 1.29 is 0 Å². The average molecular weight is 333 g/mol. The first-order valence-corrected chi connectivity index (χ1v) is 8.74. The Hall–Kier alpha value is -3.59. The molecule has 6 rings (SSSR count). The monoisotopic (exact) mass is 333 g/mol. The standard InChI is InChI=1S/C23H15N3/c1-2-6-15(7-3-1)16-10-11-19-17(12-16)18-13-23-25-20-8-4-5-9-22(20)26(23)14-21(18)24-19/h1-14,24H. The predicted octanol–water partition coefficient (Wildman–Crippen LogP) is 5.79. The Morgan fingerprint density at radius 3 is 2.42 bits per heavy atom. The predicted molar refractivity (Wildman–Crippen MR) is 107 cm³/mol. The molecule has 0 fully saturated rings. The fraction of sp³-hybridized carbons (Fsp3) is 0. The van der Waals surface area contributed by atoms with Crippen molar-refractivity contribution in [2.24, 2.45) is 0 Å². The quantitative estimate of drug-likeness (QED) is 0.406. The van der Waals surface area contributed by atoms with Crippen molar-refractivity contribution in [3.8, 4) is 11.1 Å². The maximum absolute atomic E-state index is 4.78. The molecule has 0 saturated heterocycles. The van der Waals surface area contributed by atoms with Crippen LogP contribution in [-0.4, -0.2) is 14.4 Å². The molecular weight excluding hydrogens is 318 g/mol. The highest BCUT2D eigenvalue weighted by atomic mass is 15.0. The van der Waals surface area contributed by atoms with Gasteiger partial charge in [-0.3, -0.25) is 4.40 Å². The van der Waals surface area contributed by atoms with Gasteiger partial charge in [-0.15, -0.1) is 0 Å². The van der Waals surface area contributed by atoms with Crippen LogP contribution in [0.25, 0.3) is 49.6 Å². The summed E-state index contributed by atoms with van der Waals surface area (Å²) >= 11 is 0. The van der Waals surface area contributed by atoms with E-state index in [1.165, 1.54) is 21.9 Å². The average Bonchev–Trinajstić information content (AvgIpc) is 3.24. The van der Waals surface area contributed by atoms with Gasteiger partial charge in [0.05, 0.1) is 16.6 Å². The molecule has 0 radical (unpaired) electrons. The molecule has 0 aliphatic carbocycles. The van der Waals surface area contributed by atoms with Crippen molar-refractivity contribution in [3.05, 3.63) is 85.1 Å². The lowest BCUT2D eigenvalue weighted by Gasteiger charge is -2.02. The largest absolute Gasteiger partial charge is 0.353 e. The Kier molecular flexibility index (Phi) is 2.61. The minimum atomic E-state index is 0.977. The number of hydrogen-bond donors (Lipinski definition) is 1. The molecule has 0 atom stereocenters. The Bertz CT molecular complexity index is 1420. The van der Waals surface area contributed by atoms with E-state index in [1.807, 2.05) is 12.1 Å². The summed E-state index contributed by atoms with van der Waals surface area (Å²) in [5.41, 5.74) is 7.87. The van der Waals surface area contributed by atoms with Gasteiger partial charge in [-0.2, -0.15) is 0 Å². The Labute approximate surface area is 149 Å². The Morgan fingerprint density at radius 1 is 0.692 bits per heavy atom. The number of nitrogens with zero attached hydrogens (tertiary/aromatic N) is 2. The van der Waals surface area contributed by atoms with Crippen molar-refractivity contribution in [2.45, 2.75) is 0 Å². The number of hydrogen-bond acceptors (Lipinski definition) is 1. The fourth-order valence-electron chi connectivity index (χ4n) is 3.86. The number of H-pyrrole nitrogens is 1. The molecule has 0 unspecified atom stereocenters. The number of rotatable bonds is 1. The molecule has 3 heteroatoms. The maximum atomic E-state index is 4.78. The van der Waals surface area contributed by atoms with E-state index >= 15 is 0 Å². The summed E-state index contributed by atoms with van der Waals surface area (Å²) in [5, 5.41) is 2.44. The topological polar surface area (TPSA) is 33.1 Å². The molecule has 0 bridgehead atoms. The van der Waals surface area contributed by atoms with Gasteiger partial charge in [0.25, 0.3) is 0 Å². The van der Waals surface area contributed by atoms with Crippen LogP contribution >= 0.6 is 0 Å². The second-order valence-electron chi connectivity index (χ2n) is 6.68. The molecule has 1 N–H and O–H groups in total. The van der Waals surface area contributed by atoms with Crippen molar-refractivity contribution in [3.63, 3.8) is 0 Å². The molecular formula is C23H15N3. The van der Waals surface area contributed by atoms with Crippen LogP contribution in [0.1, 0.15) is 0 Å². The van der Waals surface area contributed by atoms with Crippen LogP contribution in [0.2, 0.25) is 0 Å². The molecule has 3 aromatic heterocycles. The van der Waals surface area contributed by atoms with Gasteiger partial charge in [0, 0.05) is 22.5 Å². The molecule has 0 amide bonds. The van der Waals surface area contributed by atoms with Crippen LogP contribution < -0.4 is 0 Å². The van der Waals surface area contributed by atoms with Crippen molar-refractivity contribution in [2.75, 3.05) is 0 Å². The van der Waals surface area contributed by atoms with Gasteiger partial charge in [-0.25, -0.2) is 4.98 Å². The van der Waals surface area contributed by atoms with Crippen molar-refractivity contribution >= 4 is 38.5 Å². The summed E-state index contributed by atoms with van der Waals surface area (Å²) in [5.74, 6) is 0. The molecule has 6 aromatic rings. The van der Waals surface area contributed by atoms with Gasteiger partial charge in [0.15, 0.2) is 0 Å². The fourth-order valence-corrected chi connectivity index (χ4v) is 3.86. The van der Waals surface area contributed by atoms with Crippen LogP contribution in [-0.2, 0) is 0 Å². The summed E-state index contributed by atoms with van der Waals surface area (Å²) in [7, 11) is 0. The highest BCUT2D eigenvalue weighted by Crippen LogP contribution is 2.31. The lowest BCUT2D eigenvalue weighted by molar-refractivity contribution is 1.24. The molecule has 3 heterocycles. The van der Waals surface area contributed by atoms with Gasteiger partial charge in [0.2, 0.25) is 0 Å². The number of fused-ring (bicyclic) bond motifs is 6. The summed E-state index contributed by atoms with van der Waals surface area (Å²) < 4.78 is 2.16. The van der Waals surface area contributed by atoms with Crippen molar-refractivity contribution in [1.82, 2.24) is 14.4 Å². The van der Waals surface area contributed by atoms with E-state index in [4.69, 9.17) is 4.98 Å². The van der Waals surface area contributed by atoms with Crippen LogP contribution in [0.4, 0.5) is 0 Å². The number of para-hydroxylation sites is 2. The van der Waals surface area contributed by atoms with E-state index in [0.717, 1.165) is 27.7 Å². The summed E-state index contributed by atoms with van der Waals surface area (Å²) in [4.78, 5) is 8.34. The lowest BCUT2D eigenvalue weighted by Crippen LogP contribution is -1.83. The van der Waals surface area contributed by atoms with Gasteiger partial charge >= 0.3 is 0 Å². The zero-order valence-electron chi connectivity index (χ0n) is 14.0. The van der Waals surface area contributed by atoms with Gasteiger partial charge in [0.1, 0.15) is 5.65 Å². The Morgan fingerprint density at radius 2 is 1.50 bits per heavy atom. The first kappa shape index (κ1) is 13.7. The summed E-state index contributed by atoms with van der Waals surface area (Å²) in [6.07, 6.45) is 2.15. The number of benzene rings is 3. The molecule has 0 saturated carbocycles. The summed E-state index contributed by atoms with van der Waals surface area (Å²) in [6.45, 7) is 0. The van der Waals surface area contributed by atoms with Gasteiger partial charge in [-0.1, -0.05) is 48.5 Å². The molecule has 0 spiro atoms. The highest BCUT2D eigenvalue weighted by Gasteiger charge is 2.10. The molecule has 0 aliphatic rings.